The Morgan fingerprint density at radius 3 is 2.48 bits per heavy atom. The van der Waals surface area contributed by atoms with Crippen LogP contribution in [0, 0.1) is 10.1 Å². The molecule has 1 atom stereocenters. The van der Waals surface area contributed by atoms with E-state index in [9.17, 15) is 14.9 Å². The lowest BCUT2D eigenvalue weighted by atomic mass is 9.91. The number of benzene rings is 2. The first-order chi connectivity index (χ1) is 13.6. The molecule has 0 N–H and O–H groups in total. The maximum Gasteiger partial charge on any atom is 0.273 e. The van der Waals surface area contributed by atoms with Crippen molar-refractivity contribution in [2.45, 2.75) is 31.7 Å². The lowest BCUT2D eigenvalue weighted by Crippen LogP contribution is -2.45. The van der Waals surface area contributed by atoms with E-state index in [1.165, 1.54) is 30.0 Å². The van der Waals surface area contributed by atoms with Crippen LogP contribution in [0.3, 0.4) is 0 Å². The van der Waals surface area contributed by atoms with Crippen molar-refractivity contribution in [1.29, 1.82) is 0 Å². The molecule has 154 valence electrons. The van der Waals surface area contributed by atoms with Crippen LogP contribution in [-0.4, -0.2) is 46.8 Å². The molecule has 0 spiro atoms. The average molecular weight is 416 g/mol. The lowest BCUT2D eigenvalue weighted by Gasteiger charge is -2.39. The van der Waals surface area contributed by atoms with Gasteiger partial charge < -0.3 is 9.80 Å². The Balaban J connectivity index is 0.00000240. The highest BCUT2D eigenvalue weighted by atomic mass is 35.5. The minimum atomic E-state index is -0.407. The topological polar surface area (TPSA) is 66.7 Å². The normalized spacial score (nSPS) is 18.8. The molecule has 1 amide bonds. The molecule has 29 heavy (non-hydrogen) atoms. The first-order valence-electron chi connectivity index (χ1n) is 9.95. The molecule has 2 aromatic rings. The zero-order valence-corrected chi connectivity index (χ0v) is 17.1. The van der Waals surface area contributed by atoms with Gasteiger partial charge in [0.25, 0.3) is 5.69 Å². The SMILES string of the molecule is Cl.O=C(Cc1ccccc1[N+](=O)[O-])N1CCc2ccccc2C1CN1CCCC1. The van der Waals surface area contributed by atoms with Crippen LogP contribution in [0.4, 0.5) is 5.69 Å². The number of fused-ring (bicyclic) bond motifs is 1. The molecular formula is C22H26ClN3O3. The first-order valence-corrected chi connectivity index (χ1v) is 9.95. The molecule has 1 saturated heterocycles. The molecule has 0 saturated carbocycles. The molecule has 0 aromatic heterocycles. The van der Waals surface area contributed by atoms with Crippen LogP contribution in [-0.2, 0) is 17.6 Å². The summed E-state index contributed by atoms with van der Waals surface area (Å²) < 4.78 is 0. The van der Waals surface area contributed by atoms with E-state index < -0.39 is 4.92 Å². The van der Waals surface area contributed by atoms with Crippen molar-refractivity contribution in [1.82, 2.24) is 9.80 Å². The number of para-hydroxylation sites is 1. The lowest BCUT2D eigenvalue weighted by molar-refractivity contribution is -0.385. The Bertz CT molecular complexity index is 883. The van der Waals surface area contributed by atoms with Gasteiger partial charge in [-0.25, -0.2) is 0 Å². The second-order valence-electron chi connectivity index (χ2n) is 7.62. The first kappa shape index (κ1) is 21.3. The van der Waals surface area contributed by atoms with E-state index in [0.717, 1.165) is 26.1 Å². The van der Waals surface area contributed by atoms with E-state index in [2.05, 4.69) is 23.1 Å². The van der Waals surface area contributed by atoms with Gasteiger partial charge in [0.05, 0.1) is 17.4 Å². The van der Waals surface area contributed by atoms with Crippen LogP contribution < -0.4 is 0 Å². The van der Waals surface area contributed by atoms with Crippen LogP contribution in [0.1, 0.15) is 35.6 Å². The molecule has 0 bridgehead atoms. The summed E-state index contributed by atoms with van der Waals surface area (Å²) in [6.45, 7) is 3.64. The highest BCUT2D eigenvalue weighted by Gasteiger charge is 2.33. The second kappa shape index (κ2) is 9.37. The molecule has 7 heteroatoms. The fourth-order valence-electron chi connectivity index (χ4n) is 4.46. The molecule has 0 radical (unpaired) electrons. The Hall–Kier alpha value is -2.44. The maximum absolute atomic E-state index is 13.2. The smallest absolute Gasteiger partial charge is 0.273 e. The molecule has 4 rings (SSSR count). The van der Waals surface area contributed by atoms with Gasteiger partial charge in [0.2, 0.25) is 5.91 Å². The summed E-state index contributed by atoms with van der Waals surface area (Å²) in [5, 5.41) is 11.3. The molecule has 0 aliphatic carbocycles. The zero-order chi connectivity index (χ0) is 19.5. The van der Waals surface area contributed by atoms with Crippen molar-refractivity contribution in [3.8, 4) is 0 Å². The second-order valence-corrected chi connectivity index (χ2v) is 7.62. The Morgan fingerprint density at radius 2 is 1.72 bits per heavy atom. The van der Waals surface area contributed by atoms with Gasteiger partial charge in [-0.15, -0.1) is 12.4 Å². The van der Waals surface area contributed by atoms with Crippen LogP contribution in [0.2, 0.25) is 0 Å². The van der Waals surface area contributed by atoms with Gasteiger partial charge in [0, 0.05) is 24.7 Å². The average Bonchev–Trinajstić information content (AvgIpc) is 3.21. The fourth-order valence-corrected chi connectivity index (χ4v) is 4.46. The molecule has 1 unspecified atom stereocenters. The van der Waals surface area contributed by atoms with E-state index in [-0.39, 0.29) is 36.5 Å². The fraction of sp³-hybridized carbons (Fsp3) is 0.409. The number of rotatable bonds is 5. The number of hydrogen-bond acceptors (Lipinski definition) is 4. The summed E-state index contributed by atoms with van der Waals surface area (Å²) in [4.78, 5) is 28.5. The highest BCUT2D eigenvalue weighted by Crippen LogP contribution is 2.32. The Kier molecular flexibility index (Phi) is 6.87. The van der Waals surface area contributed by atoms with Gasteiger partial charge in [-0.05, 0) is 43.5 Å². The standard InChI is InChI=1S/C22H25N3O3.ClH/c26-22(15-18-8-2-4-10-20(18)25(27)28)24-14-11-17-7-1-3-9-19(17)21(24)16-23-12-5-6-13-23;/h1-4,7-10,21H,5-6,11-16H2;1H. The number of nitro benzene ring substituents is 1. The van der Waals surface area contributed by atoms with E-state index >= 15 is 0 Å². The predicted octanol–water partition coefficient (Wildman–Crippen LogP) is 3.78. The number of carbonyl (C=O) groups is 1. The number of nitrogens with zero attached hydrogens (tertiary/aromatic N) is 3. The van der Waals surface area contributed by atoms with E-state index in [0.29, 0.717) is 12.1 Å². The summed E-state index contributed by atoms with van der Waals surface area (Å²) in [6.07, 6.45) is 3.31. The maximum atomic E-state index is 13.2. The van der Waals surface area contributed by atoms with Crippen molar-refractivity contribution < 1.29 is 9.72 Å². The molecule has 2 heterocycles. The van der Waals surface area contributed by atoms with Crippen molar-refractivity contribution in [3.63, 3.8) is 0 Å². The van der Waals surface area contributed by atoms with Gasteiger partial charge in [0.15, 0.2) is 0 Å². The van der Waals surface area contributed by atoms with Crippen LogP contribution >= 0.6 is 12.4 Å². The highest BCUT2D eigenvalue weighted by molar-refractivity contribution is 5.85. The van der Waals surface area contributed by atoms with Crippen molar-refractivity contribution >= 4 is 24.0 Å². The monoisotopic (exact) mass is 415 g/mol. The van der Waals surface area contributed by atoms with Gasteiger partial charge in [-0.2, -0.15) is 0 Å². The van der Waals surface area contributed by atoms with Crippen LogP contribution in [0.5, 0.6) is 0 Å². The van der Waals surface area contributed by atoms with Crippen LogP contribution in [0.25, 0.3) is 0 Å². The van der Waals surface area contributed by atoms with Crippen molar-refractivity contribution in [2.24, 2.45) is 0 Å². The number of amides is 1. The minimum Gasteiger partial charge on any atom is -0.334 e. The Morgan fingerprint density at radius 1 is 1.03 bits per heavy atom. The number of hydrogen-bond donors (Lipinski definition) is 0. The largest absolute Gasteiger partial charge is 0.334 e. The van der Waals surface area contributed by atoms with Gasteiger partial charge in [-0.3, -0.25) is 14.9 Å². The van der Waals surface area contributed by atoms with Gasteiger partial charge in [-0.1, -0.05) is 42.5 Å². The van der Waals surface area contributed by atoms with Crippen LogP contribution in [0.15, 0.2) is 48.5 Å². The molecular weight excluding hydrogens is 390 g/mol. The molecule has 2 aromatic carbocycles. The number of likely N-dealkylation sites (tertiary alicyclic amines) is 1. The summed E-state index contributed by atoms with van der Waals surface area (Å²) in [5.74, 6) is -0.0343. The summed E-state index contributed by atoms with van der Waals surface area (Å²) in [6, 6.07) is 14.9. The molecule has 6 nitrogen and oxygen atoms in total. The van der Waals surface area contributed by atoms with E-state index in [1.807, 2.05) is 11.0 Å². The quantitative estimate of drug-likeness (QED) is 0.550. The van der Waals surface area contributed by atoms with Gasteiger partial charge in [0.1, 0.15) is 0 Å². The third kappa shape index (κ3) is 4.60. The number of carbonyl (C=O) groups excluding carboxylic acids is 1. The summed E-state index contributed by atoms with van der Waals surface area (Å²) in [5.41, 5.74) is 3.03. The number of halogens is 1. The minimum absolute atomic E-state index is 0. The van der Waals surface area contributed by atoms with Crippen molar-refractivity contribution in [3.05, 3.63) is 75.3 Å². The molecule has 2 aliphatic heterocycles. The summed E-state index contributed by atoms with van der Waals surface area (Å²) in [7, 11) is 0. The Labute approximate surface area is 177 Å². The van der Waals surface area contributed by atoms with Gasteiger partial charge >= 0.3 is 0 Å². The zero-order valence-electron chi connectivity index (χ0n) is 16.3. The third-order valence-electron chi connectivity index (χ3n) is 5.89. The number of nitro groups is 1. The predicted molar refractivity (Wildman–Crippen MR) is 114 cm³/mol. The van der Waals surface area contributed by atoms with E-state index in [1.54, 1.807) is 18.2 Å². The molecule has 2 aliphatic rings. The van der Waals surface area contributed by atoms with Crippen molar-refractivity contribution in [2.75, 3.05) is 26.2 Å². The summed E-state index contributed by atoms with van der Waals surface area (Å²) >= 11 is 0. The molecule has 1 fully saturated rings. The third-order valence-corrected chi connectivity index (χ3v) is 5.89. The van der Waals surface area contributed by atoms with E-state index in [4.69, 9.17) is 0 Å².